The number of hydrogen-bond donors (Lipinski definition) is 0. The highest BCUT2D eigenvalue weighted by Gasteiger charge is 2.06. The molecule has 106 valence electrons. The molecule has 3 aromatic rings. The molecule has 0 saturated heterocycles. The van der Waals surface area contributed by atoms with Crippen molar-refractivity contribution in [2.24, 2.45) is 0 Å². The second kappa shape index (κ2) is 5.13. The summed E-state index contributed by atoms with van der Waals surface area (Å²) >= 11 is 0. The van der Waals surface area contributed by atoms with Gasteiger partial charge in [-0.25, -0.2) is 9.37 Å². The molecule has 0 bridgehead atoms. The predicted molar refractivity (Wildman–Crippen MR) is 81.0 cm³/mol. The minimum absolute atomic E-state index is 0.154. The van der Waals surface area contributed by atoms with Crippen molar-refractivity contribution in [3.05, 3.63) is 75.6 Å². The minimum Gasteiger partial charge on any atom is -0.294 e. The lowest BCUT2D eigenvalue weighted by atomic mass is 10.1. The standard InChI is InChI=1S/C17H15FN2O/c1-11-5-12(2)7-13(6-11)9-20-10-19-16-8-14(18)3-4-15(16)17(20)21/h3-8,10H,9H2,1-2H3. The Morgan fingerprint density at radius 2 is 1.81 bits per heavy atom. The molecule has 0 amide bonds. The topological polar surface area (TPSA) is 34.9 Å². The van der Waals surface area contributed by atoms with Crippen molar-refractivity contribution in [1.82, 2.24) is 9.55 Å². The van der Waals surface area contributed by atoms with Gasteiger partial charge in [-0.3, -0.25) is 9.36 Å². The molecule has 0 aliphatic heterocycles. The lowest BCUT2D eigenvalue weighted by molar-refractivity contribution is 0.629. The van der Waals surface area contributed by atoms with E-state index in [0.717, 1.165) is 16.7 Å². The van der Waals surface area contributed by atoms with Crippen LogP contribution in [0.3, 0.4) is 0 Å². The van der Waals surface area contributed by atoms with Crippen molar-refractivity contribution in [2.45, 2.75) is 20.4 Å². The van der Waals surface area contributed by atoms with Crippen LogP contribution in [0, 0.1) is 19.7 Å². The van der Waals surface area contributed by atoms with E-state index < -0.39 is 0 Å². The SMILES string of the molecule is Cc1cc(C)cc(Cn2cnc3cc(F)ccc3c2=O)c1. The van der Waals surface area contributed by atoms with Crippen LogP contribution < -0.4 is 5.56 Å². The number of aromatic nitrogens is 2. The Hall–Kier alpha value is -2.49. The molecule has 2 aromatic carbocycles. The number of rotatable bonds is 2. The van der Waals surface area contributed by atoms with Crippen molar-refractivity contribution in [3.8, 4) is 0 Å². The molecule has 1 heterocycles. The van der Waals surface area contributed by atoms with E-state index in [1.165, 1.54) is 24.5 Å². The molecule has 21 heavy (non-hydrogen) atoms. The van der Waals surface area contributed by atoms with Gasteiger partial charge in [0.05, 0.1) is 23.8 Å². The van der Waals surface area contributed by atoms with Crippen LogP contribution in [0.25, 0.3) is 10.9 Å². The molecule has 0 unspecified atom stereocenters. The minimum atomic E-state index is -0.388. The first-order valence-corrected chi connectivity index (χ1v) is 6.75. The first-order chi connectivity index (χ1) is 10.0. The van der Waals surface area contributed by atoms with Crippen LogP contribution in [0.15, 0.2) is 47.5 Å². The fourth-order valence-electron chi connectivity index (χ4n) is 2.60. The molecule has 0 saturated carbocycles. The van der Waals surface area contributed by atoms with Gasteiger partial charge in [-0.1, -0.05) is 29.3 Å². The Morgan fingerprint density at radius 1 is 1.10 bits per heavy atom. The Morgan fingerprint density at radius 3 is 2.52 bits per heavy atom. The second-order valence-corrected chi connectivity index (χ2v) is 5.34. The van der Waals surface area contributed by atoms with Crippen molar-refractivity contribution in [1.29, 1.82) is 0 Å². The lowest BCUT2D eigenvalue weighted by Gasteiger charge is -2.08. The Kier molecular flexibility index (Phi) is 3.29. The van der Waals surface area contributed by atoms with Gasteiger partial charge in [0.25, 0.3) is 5.56 Å². The monoisotopic (exact) mass is 282 g/mol. The van der Waals surface area contributed by atoms with Gasteiger partial charge in [0.1, 0.15) is 5.82 Å². The second-order valence-electron chi connectivity index (χ2n) is 5.34. The van der Waals surface area contributed by atoms with Crippen molar-refractivity contribution < 1.29 is 4.39 Å². The third-order valence-electron chi connectivity index (χ3n) is 3.42. The summed E-state index contributed by atoms with van der Waals surface area (Å²) in [5, 5.41) is 0.434. The van der Waals surface area contributed by atoms with E-state index >= 15 is 0 Å². The number of hydrogen-bond acceptors (Lipinski definition) is 2. The Balaban J connectivity index is 2.07. The van der Waals surface area contributed by atoms with Gasteiger partial charge in [-0.15, -0.1) is 0 Å². The summed E-state index contributed by atoms with van der Waals surface area (Å²) in [7, 11) is 0. The molecular formula is C17H15FN2O. The quantitative estimate of drug-likeness (QED) is 0.723. The molecule has 0 N–H and O–H groups in total. The van der Waals surface area contributed by atoms with Gasteiger partial charge in [-0.2, -0.15) is 0 Å². The highest BCUT2D eigenvalue weighted by Crippen LogP contribution is 2.12. The zero-order chi connectivity index (χ0) is 15.0. The molecule has 3 nitrogen and oxygen atoms in total. The lowest BCUT2D eigenvalue weighted by Crippen LogP contribution is -2.21. The van der Waals surface area contributed by atoms with Crippen LogP contribution in [0.5, 0.6) is 0 Å². The molecule has 0 atom stereocenters. The maximum atomic E-state index is 13.2. The van der Waals surface area contributed by atoms with Crippen LogP contribution >= 0.6 is 0 Å². The van der Waals surface area contributed by atoms with Crippen LogP contribution in [0.4, 0.5) is 4.39 Å². The Labute approximate surface area is 121 Å². The fourth-order valence-corrected chi connectivity index (χ4v) is 2.60. The summed E-state index contributed by atoms with van der Waals surface area (Å²) in [5.74, 6) is -0.388. The first kappa shape index (κ1) is 13.5. The zero-order valence-corrected chi connectivity index (χ0v) is 11.9. The van der Waals surface area contributed by atoms with Gasteiger partial charge in [0.2, 0.25) is 0 Å². The van der Waals surface area contributed by atoms with Crippen LogP contribution in [0.1, 0.15) is 16.7 Å². The number of aryl methyl sites for hydroxylation is 2. The first-order valence-electron chi connectivity index (χ1n) is 6.75. The van der Waals surface area contributed by atoms with Crippen molar-refractivity contribution in [3.63, 3.8) is 0 Å². The highest BCUT2D eigenvalue weighted by molar-refractivity contribution is 5.77. The average molecular weight is 282 g/mol. The largest absolute Gasteiger partial charge is 0.294 e. The molecule has 3 rings (SSSR count). The maximum Gasteiger partial charge on any atom is 0.261 e. The third kappa shape index (κ3) is 2.70. The van der Waals surface area contributed by atoms with Gasteiger partial charge >= 0.3 is 0 Å². The molecule has 0 fully saturated rings. The summed E-state index contributed by atoms with van der Waals surface area (Å²) < 4.78 is 14.7. The summed E-state index contributed by atoms with van der Waals surface area (Å²) in [5.41, 5.74) is 3.61. The van der Waals surface area contributed by atoms with E-state index in [9.17, 15) is 9.18 Å². The molecule has 0 spiro atoms. The van der Waals surface area contributed by atoms with Crippen molar-refractivity contribution >= 4 is 10.9 Å². The third-order valence-corrected chi connectivity index (χ3v) is 3.42. The molecule has 4 heteroatoms. The van der Waals surface area contributed by atoms with Gasteiger partial charge in [0.15, 0.2) is 0 Å². The normalized spacial score (nSPS) is 11.0. The van der Waals surface area contributed by atoms with Gasteiger partial charge < -0.3 is 0 Å². The predicted octanol–water partition coefficient (Wildman–Crippen LogP) is 3.20. The van der Waals surface area contributed by atoms with Crippen molar-refractivity contribution in [2.75, 3.05) is 0 Å². The van der Waals surface area contributed by atoms with E-state index in [1.807, 2.05) is 26.0 Å². The summed E-state index contributed by atoms with van der Waals surface area (Å²) in [4.78, 5) is 16.6. The molecule has 1 aromatic heterocycles. The zero-order valence-electron chi connectivity index (χ0n) is 11.9. The number of nitrogens with zero attached hydrogens (tertiary/aromatic N) is 2. The van der Waals surface area contributed by atoms with E-state index in [2.05, 4.69) is 11.1 Å². The average Bonchev–Trinajstić information content (AvgIpc) is 2.41. The summed E-state index contributed by atoms with van der Waals surface area (Å²) in [6.07, 6.45) is 1.47. The highest BCUT2D eigenvalue weighted by atomic mass is 19.1. The molecular weight excluding hydrogens is 267 g/mol. The fraction of sp³-hybridized carbons (Fsp3) is 0.176. The van der Waals surface area contributed by atoms with Gasteiger partial charge in [0, 0.05) is 6.07 Å². The maximum absolute atomic E-state index is 13.2. The summed E-state index contributed by atoms with van der Waals surface area (Å²) in [6, 6.07) is 10.2. The van der Waals surface area contributed by atoms with E-state index in [0.29, 0.717) is 17.4 Å². The van der Waals surface area contributed by atoms with E-state index in [1.54, 1.807) is 4.57 Å². The molecule has 0 aliphatic carbocycles. The number of benzene rings is 2. The number of halogens is 1. The van der Waals surface area contributed by atoms with Crippen LogP contribution in [-0.4, -0.2) is 9.55 Å². The molecule has 0 radical (unpaired) electrons. The Bertz CT molecular complexity index is 863. The van der Waals surface area contributed by atoms with Crippen LogP contribution in [0.2, 0.25) is 0 Å². The van der Waals surface area contributed by atoms with E-state index in [4.69, 9.17) is 0 Å². The molecule has 0 aliphatic rings. The van der Waals surface area contributed by atoms with E-state index in [-0.39, 0.29) is 11.4 Å². The summed E-state index contributed by atoms with van der Waals surface area (Å²) in [6.45, 7) is 4.52. The van der Waals surface area contributed by atoms with Gasteiger partial charge in [-0.05, 0) is 31.5 Å². The number of fused-ring (bicyclic) bond motifs is 1. The van der Waals surface area contributed by atoms with Crippen LogP contribution in [-0.2, 0) is 6.54 Å². The smallest absolute Gasteiger partial charge is 0.261 e.